The van der Waals surface area contributed by atoms with Gasteiger partial charge in [0.05, 0.1) is 68.5 Å². The lowest BCUT2D eigenvalue weighted by Crippen LogP contribution is -2.38. The van der Waals surface area contributed by atoms with Gasteiger partial charge in [0, 0.05) is 66.3 Å². The topological polar surface area (TPSA) is 104 Å². The van der Waals surface area contributed by atoms with Crippen molar-refractivity contribution in [1.82, 2.24) is 21.3 Å². The molecule has 6 aromatic rings. The average molecular weight is 1360 g/mol. The summed E-state index contributed by atoms with van der Waals surface area (Å²) in [6.45, 7) is 36.4. The van der Waals surface area contributed by atoms with Crippen LogP contribution in [0.1, 0.15) is 194 Å². The summed E-state index contributed by atoms with van der Waals surface area (Å²) in [6, 6.07) is 8.75. The van der Waals surface area contributed by atoms with E-state index >= 15 is 0 Å². The molecule has 0 spiro atoms. The monoisotopic (exact) mass is 1360 g/mol. The molecule has 12 aliphatic heterocycles. The molecule has 15 heteroatoms. The van der Waals surface area contributed by atoms with E-state index in [1.807, 2.05) is 0 Å². The molecule has 18 heterocycles. The fourth-order valence-corrected chi connectivity index (χ4v) is 23.3. The van der Waals surface area contributed by atoms with E-state index in [1.165, 1.54) is 178 Å². The van der Waals surface area contributed by atoms with Crippen LogP contribution in [0.15, 0.2) is 157 Å². The molecule has 18 rings (SSSR count). The van der Waals surface area contributed by atoms with Crippen LogP contribution in [0.5, 0.6) is 0 Å². The van der Waals surface area contributed by atoms with Gasteiger partial charge in [-0.05, 0) is 317 Å². The van der Waals surface area contributed by atoms with Gasteiger partial charge in [-0.3, -0.25) is 0 Å². The predicted molar refractivity (Wildman–Crippen MR) is 429 cm³/mol. The van der Waals surface area contributed by atoms with E-state index in [9.17, 15) is 0 Å². The molecule has 0 unspecified atom stereocenters. The molecule has 498 valence electrons. The first kappa shape index (κ1) is 66.0. The minimum atomic E-state index is -0.976. The zero-order valence-corrected chi connectivity index (χ0v) is 65.6. The normalized spacial score (nSPS) is 17.8. The van der Waals surface area contributed by atoms with Gasteiger partial charge in [0.15, 0.2) is 0 Å². The number of allylic oxidation sites excluding steroid dienone is 12. The van der Waals surface area contributed by atoms with E-state index < -0.39 is 47.0 Å². The first-order valence-corrected chi connectivity index (χ1v) is 40.7. The summed E-state index contributed by atoms with van der Waals surface area (Å²) >= 11 is -2.68. The molecule has 18 bridgehead atoms. The third-order valence-corrected chi connectivity index (χ3v) is 29.1. The molecule has 0 amide bonds. The minimum absolute atomic E-state index is 0.779. The van der Waals surface area contributed by atoms with E-state index in [0.29, 0.717) is 0 Å². The number of rotatable bonds is 9. The van der Waals surface area contributed by atoms with Crippen molar-refractivity contribution in [2.45, 2.75) is 169 Å². The third kappa shape index (κ3) is 10.5. The summed E-state index contributed by atoms with van der Waals surface area (Å²) < 4.78 is 15.6. The second-order valence-corrected chi connectivity index (χ2v) is 32.8. The maximum absolute atomic E-state index is 5.39. The van der Waals surface area contributed by atoms with Crippen molar-refractivity contribution in [3.05, 3.63) is 238 Å². The number of hydrogen-bond acceptors (Lipinski definition) is 6. The van der Waals surface area contributed by atoms with Gasteiger partial charge >= 0.3 is 47.0 Å². The molecule has 12 nitrogen and oxygen atoms in total. The third-order valence-electron chi connectivity index (χ3n) is 23.2. The van der Waals surface area contributed by atoms with Crippen LogP contribution < -0.4 is 32.1 Å². The Morgan fingerprint density at radius 2 is 0.660 bits per heavy atom. The maximum Gasteiger partial charge on any atom is 0.558 e. The van der Waals surface area contributed by atoms with Crippen molar-refractivity contribution in [3.63, 3.8) is 0 Å². The highest BCUT2D eigenvalue weighted by molar-refractivity contribution is 6.37. The van der Waals surface area contributed by atoms with Crippen molar-refractivity contribution >= 4 is 154 Å². The summed E-state index contributed by atoms with van der Waals surface area (Å²) in [7, 11) is 0. The van der Waals surface area contributed by atoms with Crippen molar-refractivity contribution in [2.75, 3.05) is 0 Å². The Kier molecular flexibility index (Phi) is 17.0. The maximum atomic E-state index is 5.39. The first-order valence-electron chi connectivity index (χ1n) is 36.9. The zero-order chi connectivity index (χ0) is 69.4. The fourth-order valence-electron chi connectivity index (χ4n) is 17.4. The largest absolute Gasteiger partial charge is 0.558 e. The van der Waals surface area contributed by atoms with Crippen molar-refractivity contribution in [3.8, 4) is 0 Å². The van der Waals surface area contributed by atoms with Crippen molar-refractivity contribution in [2.24, 2.45) is 30.0 Å². The molecular formula is C85H89Al3N12. The van der Waals surface area contributed by atoms with Gasteiger partial charge in [-0.2, -0.15) is 0 Å². The molecule has 0 saturated heterocycles. The average Bonchev–Trinajstić information content (AvgIpc) is 1.58. The number of aromatic nitrogens is 6. The van der Waals surface area contributed by atoms with E-state index in [-0.39, 0.29) is 0 Å². The Hall–Kier alpha value is -8.60. The number of nitrogens with zero attached hydrogens (tertiary/aromatic N) is 12. The second kappa shape index (κ2) is 25.8. The highest BCUT2D eigenvalue weighted by atomic mass is 27.1. The lowest BCUT2D eigenvalue weighted by molar-refractivity contribution is 1.00. The molecule has 12 aliphatic rings. The van der Waals surface area contributed by atoms with Crippen LogP contribution >= 0.6 is 0 Å². The summed E-state index contributed by atoms with van der Waals surface area (Å²) in [5, 5.41) is 7.78. The number of hydrogen-bond donors (Lipinski definition) is 0. The summed E-state index contributed by atoms with van der Waals surface area (Å²) in [4.78, 5) is 30.5. The SMILES string of the molecule is C1=CC2=NC1=Cc1ccc3[n]1[AlH][n]1c(ccc1=CC1=NC(=C3)C=C1)=C2.CCC1=C(CC)C2=NC1=Cc1c(CC)c(CC)c3[n]1[AlH][n]1c(c(CC)c(CC)c1=CC1=NC(=C3)C(CC)=C1CC)=C2.CCc1c(C)c2[n]3c1C=C1N=C(C=c4c(C)c(C)c([n]4[AlH]3)=CC3=NC(=C2)C(C)=C3C)C(C)=C1C. The molecule has 0 N–H and O–H groups in total. The minimum Gasteiger partial charge on any atom is -0.418 e. The van der Waals surface area contributed by atoms with Gasteiger partial charge in [0.25, 0.3) is 0 Å². The first-order chi connectivity index (χ1) is 48.5. The number of aliphatic imine (C=N–C) groups is 6. The highest BCUT2D eigenvalue weighted by Gasteiger charge is 2.33. The summed E-state index contributed by atoms with van der Waals surface area (Å²) in [6.07, 6.45) is 45.3. The van der Waals surface area contributed by atoms with Crippen molar-refractivity contribution in [1.29, 1.82) is 0 Å². The molecule has 0 atom stereocenters. The number of fused-ring (bicyclic) bond motifs is 6. The van der Waals surface area contributed by atoms with E-state index in [0.717, 1.165) is 103 Å². The Balaban J connectivity index is 0.000000120. The molecule has 0 aliphatic carbocycles. The van der Waals surface area contributed by atoms with Gasteiger partial charge in [-0.15, -0.1) is 0 Å². The summed E-state index contributed by atoms with van der Waals surface area (Å²) in [5.74, 6) is 0. The van der Waals surface area contributed by atoms with E-state index in [2.05, 4.69) is 254 Å². The van der Waals surface area contributed by atoms with Gasteiger partial charge in [0.2, 0.25) is 0 Å². The van der Waals surface area contributed by atoms with Gasteiger partial charge < -0.3 is 21.3 Å². The van der Waals surface area contributed by atoms with E-state index in [1.54, 1.807) is 0 Å². The van der Waals surface area contributed by atoms with Crippen molar-refractivity contribution < 1.29 is 0 Å². The lowest BCUT2D eigenvalue weighted by Gasteiger charge is -2.15. The standard InChI is InChI=1S/C36H44N4.C29H30N4.C20H12N4.3Al.3H/c1-9-21-22(10-2)30-18-32-25(13-5)26(14-6)34(39-32)20-36-28(16-8)27(15-7)35(40-36)19-33-24(12-4)23(11-3)31(38-33)17-29(21)37-30;1-9-21-20(8)28-12-26-17(5)16(4)24(31-26)10-22-14(2)15(3)23(30-22)11-25-18(6)19(7)27(32-25)13-29(21)33-28;1-2-14-10-16-5-6-18(23-16)12-20-8-7-19(24-20)11-17-4-3-15(22-17)9-13(1)21-14;;;;;;/h17-20H,9-16H2,1-8H3;10-13H,9H2,1-8H3;1-12H;;;;;;/q3*-2;3*+2;;;. The zero-order valence-electron chi connectivity index (χ0n) is 61.4. The molecule has 0 fully saturated rings. The van der Waals surface area contributed by atoms with Crippen LogP contribution in [-0.4, -0.2) is 103 Å². The van der Waals surface area contributed by atoms with Crippen LogP contribution in [-0.2, 0) is 32.1 Å². The molecule has 0 radical (unpaired) electrons. The van der Waals surface area contributed by atoms with Crippen LogP contribution in [0.4, 0.5) is 0 Å². The molecular weight excluding hydrogens is 1270 g/mol. The van der Waals surface area contributed by atoms with Gasteiger partial charge in [0.1, 0.15) is 0 Å². The van der Waals surface area contributed by atoms with Crippen LogP contribution in [0.2, 0.25) is 0 Å². The Bertz CT molecular complexity index is 5550. The highest BCUT2D eigenvalue weighted by Crippen LogP contribution is 2.40. The van der Waals surface area contributed by atoms with Crippen LogP contribution in [0.25, 0.3) is 72.9 Å². The Morgan fingerprint density at radius 3 is 1.10 bits per heavy atom. The summed E-state index contributed by atoms with van der Waals surface area (Å²) in [5.41, 5.74) is 43.3. The van der Waals surface area contributed by atoms with Gasteiger partial charge in [-0.25, -0.2) is 30.0 Å². The van der Waals surface area contributed by atoms with Crippen LogP contribution in [0.3, 0.4) is 0 Å². The quantitative estimate of drug-likeness (QED) is 0.129. The second-order valence-electron chi connectivity index (χ2n) is 28.2. The lowest BCUT2D eigenvalue weighted by atomic mass is 9.97. The smallest absolute Gasteiger partial charge is 0.418 e. The molecule has 100 heavy (non-hydrogen) atoms. The van der Waals surface area contributed by atoms with E-state index in [4.69, 9.17) is 30.0 Å². The van der Waals surface area contributed by atoms with Gasteiger partial charge in [-0.1, -0.05) is 62.3 Å². The molecule has 0 aromatic carbocycles. The Labute approximate surface area is 607 Å². The van der Waals surface area contributed by atoms with Crippen LogP contribution in [0, 0.1) is 20.8 Å². The Morgan fingerprint density at radius 1 is 0.280 bits per heavy atom. The molecule has 0 saturated carbocycles. The predicted octanol–water partition coefficient (Wildman–Crippen LogP) is 12.2. The fraction of sp³-hybridized carbons (Fsp3) is 0.294. The molecule has 6 aromatic heterocycles.